The summed E-state index contributed by atoms with van der Waals surface area (Å²) in [6.07, 6.45) is 3.98. The van der Waals surface area contributed by atoms with Gasteiger partial charge in [0.05, 0.1) is 0 Å². The van der Waals surface area contributed by atoms with E-state index in [1.165, 1.54) is 11.0 Å². The van der Waals surface area contributed by atoms with Gasteiger partial charge in [-0.05, 0) is 5.56 Å². The van der Waals surface area contributed by atoms with Gasteiger partial charge in [0.2, 0.25) is 0 Å². The van der Waals surface area contributed by atoms with E-state index in [1.54, 1.807) is 0 Å². The lowest BCUT2D eigenvalue weighted by atomic mass is 9.49. The maximum atomic E-state index is 5.20. The molecule has 0 bridgehead atoms. The molecule has 0 spiro atoms. The quantitative estimate of drug-likeness (QED) is 0.685. The first-order valence-corrected chi connectivity index (χ1v) is 5.52. The maximum Gasteiger partial charge on any atom is 0.169 e. The van der Waals surface area contributed by atoms with Gasteiger partial charge in [-0.3, -0.25) is 0 Å². The van der Waals surface area contributed by atoms with Crippen molar-refractivity contribution in [1.82, 2.24) is 0 Å². The number of hydrogen-bond acceptors (Lipinski definition) is 2. The molecule has 2 rings (SSSR count). The van der Waals surface area contributed by atoms with Gasteiger partial charge < -0.3 is 4.84 Å². The molecule has 0 radical (unpaired) electrons. The van der Waals surface area contributed by atoms with Crippen molar-refractivity contribution >= 4 is 18.4 Å². The molecule has 3 heteroatoms. The molecule has 1 aliphatic heterocycles. The molecule has 78 valence electrons. The number of oxime groups is 1. The Bertz CT molecular complexity index is 337. The third kappa shape index (κ3) is 2.61. The van der Waals surface area contributed by atoms with E-state index in [2.05, 4.69) is 43.1 Å². The van der Waals surface area contributed by atoms with Gasteiger partial charge in [-0.1, -0.05) is 48.5 Å². The van der Waals surface area contributed by atoms with Crippen LogP contribution in [0.5, 0.6) is 0 Å². The van der Waals surface area contributed by atoms with Crippen LogP contribution in [0.3, 0.4) is 0 Å². The standard InChI is InChI=1S/C12H16BNO/c1-13(2)11-5-3-10(4-6-11)9-12-7-8-14-15-12/h3-6,8,12H,7,9H2,1-2H3. The van der Waals surface area contributed by atoms with Crippen molar-refractivity contribution < 1.29 is 4.84 Å². The molecule has 15 heavy (non-hydrogen) atoms. The molecule has 0 saturated heterocycles. The van der Waals surface area contributed by atoms with Crippen LogP contribution in [-0.2, 0) is 11.3 Å². The number of rotatable bonds is 3. The molecule has 1 aromatic carbocycles. The number of benzene rings is 1. The van der Waals surface area contributed by atoms with Crippen molar-refractivity contribution in [3.8, 4) is 0 Å². The molecule has 1 aromatic rings. The number of hydrogen-bond donors (Lipinski definition) is 0. The fourth-order valence-corrected chi connectivity index (χ4v) is 1.75. The van der Waals surface area contributed by atoms with E-state index >= 15 is 0 Å². The Morgan fingerprint density at radius 2 is 2.07 bits per heavy atom. The van der Waals surface area contributed by atoms with Gasteiger partial charge in [0, 0.05) is 19.1 Å². The van der Waals surface area contributed by atoms with Crippen LogP contribution in [0.1, 0.15) is 12.0 Å². The topological polar surface area (TPSA) is 21.6 Å². The minimum Gasteiger partial charge on any atom is -0.392 e. The molecule has 1 unspecified atom stereocenters. The second kappa shape index (κ2) is 4.52. The molecule has 0 aromatic heterocycles. The first-order chi connectivity index (χ1) is 7.25. The van der Waals surface area contributed by atoms with Crippen molar-refractivity contribution in [2.45, 2.75) is 32.6 Å². The second-order valence-electron chi connectivity index (χ2n) is 4.35. The molecule has 2 nitrogen and oxygen atoms in total. The Hall–Kier alpha value is -1.25. The highest BCUT2D eigenvalue weighted by molar-refractivity contribution is 6.70. The zero-order chi connectivity index (χ0) is 10.7. The molecule has 1 atom stereocenters. The average Bonchev–Trinajstić information content (AvgIpc) is 2.71. The summed E-state index contributed by atoms with van der Waals surface area (Å²) in [7, 11) is 0. The van der Waals surface area contributed by atoms with Crippen LogP contribution in [0.15, 0.2) is 29.4 Å². The fraction of sp³-hybridized carbons (Fsp3) is 0.417. The van der Waals surface area contributed by atoms with Crippen molar-refractivity contribution in [2.75, 3.05) is 0 Å². The summed E-state index contributed by atoms with van der Waals surface area (Å²) in [5.41, 5.74) is 2.72. The molecule has 0 amide bonds. The summed E-state index contributed by atoms with van der Waals surface area (Å²) in [5, 5.41) is 3.78. The van der Waals surface area contributed by atoms with E-state index in [0.717, 1.165) is 12.8 Å². The Balaban J connectivity index is 1.97. The van der Waals surface area contributed by atoms with Gasteiger partial charge in [0.15, 0.2) is 6.71 Å². The predicted molar refractivity (Wildman–Crippen MR) is 65.2 cm³/mol. The largest absolute Gasteiger partial charge is 0.392 e. The Kier molecular flexibility index (Phi) is 3.09. The van der Waals surface area contributed by atoms with Crippen LogP contribution in [0.25, 0.3) is 0 Å². The molecule has 0 fully saturated rings. The summed E-state index contributed by atoms with van der Waals surface area (Å²) in [6.45, 7) is 5.02. The Morgan fingerprint density at radius 3 is 2.60 bits per heavy atom. The second-order valence-corrected chi connectivity index (χ2v) is 4.35. The lowest BCUT2D eigenvalue weighted by molar-refractivity contribution is 0.0860. The molecule has 0 N–H and O–H groups in total. The summed E-state index contributed by atoms with van der Waals surface area (Å²) in [4.78, 5) is 5.20. The minimum absolute atomic E-state index is 0.245. The molecule has 1 aliphatic rings. The van der Waals surface area contributed by atoms with Crippen molar-refractivity contribution in [3.05, 3.63) is 29.8 Å². The minimum atomic E-state index is 0.245. The van der Waals surface area contributed by atoms with Gasteiger partial charge >= 0.3 is 0 Å². The van der Waals surface area contributed by atoms with Crippen LogP contribution < -0.4 is 5.46 Å². The number of nitrogens with zero attached hydrogens (tertiary/aromatic N) is 1. The molecule has 0 saturated carbocycles. The highest BCUT2D eigenvalue weighted by atomic mass is 16.6. The summed E-state index contributed by atoms with van der Waals surface area (Å²) in [5.74, 6) is 0. The smallest absolute Gasteiger partial charge is 0.169 e. The highest BCUT2D eigenvalue weighted by Gasteiger charge is 2.13. The third-order valence-corrected chi connectivity index (χ3v) is 2.76. The Labute approximate surface area is 91.4 Å². The normalized spacial score (nSPS) is 18.9. The molecular weight excluding hydrogens is 185 g/mol. The van der Waals surface area contributed by atoms with Crippen LogP contribution in [-0.4, -0.2) is 19.0 Å². The van der Waals surface area contributed by atoms with Gasteiger partial charge in [-0.15, -0.1) is 0 Å². The van der Waals surface area contributed by atoms with Crippen molar-refractivity contribution in [3.63, 3.8) is 0 Å². The van der Waals surface area contributed by atoms with E-state index < -0.39 is 0 Å². The van der Waals surface area contributed by atoms with Crippen molar-refractivity contribution in [1.29, 1.82) is 0 Å². The van der Waals surface area contributed by atoms with Crippen LogP contribution in [0, 0.1) is 0 Å². The fourth-order valence-electron chi connectivity index (χ4n) is 1.75. The maximum absolute atomic E-state index is 5.20. The van der Waals surface area contributed by atoms with E-state index in [9.17, 15) is 0 Å². The van der Waals surface area contributed by atoms with E-state index in [0.29, 0.717) is 6.71 Å². The first-order valence-electron chi connectivity index (χ1n) is 5.52. The van der Waals surface area contributed by atoms with E-state index in [-0.39, 0.29) is 6.10 Å². The van der Waals surface area contributed by atoms with Crippen LogP contribution >= 0.6 is 0 Å². The van der Waals surface area contributed by atoms with Gasteiger partial charge in [-0.2, -0.15) is 0 Å². The van der Waals surface area contributed by atoms with Gasteiger partial charge in [0.25, 0.3) is 0 Å². The van der Waals surface area contributed by atoms with Crippen LogP contribution in [0.2, 0.25) is 13.6 Å². The molecular formula is C12H16BNO. The summed E-state index contributed by atoms with van der Waals surface area (Å²) < 4.78 is 0. The van der Waals surface area contributed by atoms with Crippen molar-refractivity contribution in [2.24, 2.45) is 5.16 Å². The SMILES string of the molecule is CB(C)c1ccc(CC2CC=NO2)cc1. The Morgan fingerprint density at radius 1 is 1.33 bits per heavy atom. The van der Waals surface area contributed by atoms with E-state index in [4.69, 9.17) is 4.84 Å². The lowest BCUT2D eigenvalue weighted by Crippen LogP contribution is -2.22. The molecule has 1 heterocycles. The monoisotopic (exact) mass is 201 g/mol. The average molecular weight is 201 g/mol. The summed E-state index contributed by atoms with van der Waals surface area (Å²) in [6, 6.07) is 8.79. The lowest BCUT2D eigenvalue weighted by Gasteiger charge is -2.09. The zero-order valence-corrected chi connectivity index (χ0v) is 9.31. The van der Waals surface area contributed by atoms with Crippen LogP contribution in [0.4, 0.5) is 0 Å². The van der Waals surface area contributed by atoms with E-state index in [1.807, 2.05) is 6.21 Å². The highest BCUT2D eigenvalue weighted by Crippen LogP contribution is 2.11. The molecule has 0 aliphatic carbocycles. The van der Waals surface area contributed by atoms with Gasteiger partial charge in [-0.25, -0.2) is 0 Å². The third-order valence-electron chi connectivity index (χ3n) is 2.76. The van der Waals surface area contributed by atoms with Gasteiger partial charge in [0.1, 0.15) is 6.10 Å². The zero-order valence-electron chi connectivity index (χ0n) is 9.31. The predicted octanol–water partition coefficient (Wildman–Crippen LogP) is 1.97. The summed E-state index contributed by atoms with van der Waals surface area (Å²) >= 11 is 0. The first kappa shape index (κ1) is 10.3.